The van der Waals surface area contributed by atoms with E-state index in [9.17, 15) is 8.42 Å². The number of methoxy groups -OCH3 is 1. The molecule has 0 atom stereocenters. The Balaban J connectivity index is 1.60. The van der Waals surface area contributed by atoms with Crippen molar-refractivity contribution in [1.29, 1.82) is 0 Å². The van der Waals surface area contributed by atoms with Gasteiger partial charge in [-0.3, -0.25) is 4.72 Å². The van der Waals surface area contributed by atoms with Crippen LogP contribution in [0.3, 0.4) is 0 Å². The second-order valence-corrected chi connectivity index (χ2v) is 10.2. The van der Waals surface area contributed by atoms with Crippen LogP contribution in [0.4, 0.5) is 22.7 Å². The molecule has 0 unspecified atom stereocenters. The van der Waals surface area contributed by atoms with Gasteiger partial charge in [-0.05, 0) is 86.1 Å². The zero-order valence-electron chi connectivity index (χ0n) is 19.2. The van der Waals surface area contributed by atoms with E-state index in [1.807, 2.05) is 37.3 Å². The standard InChI is InChI=1S/C25H28N4O3S2/c1-18-7-3-4-8-22(18)26-25(33)27-23-17-21(13-14-24(23)29-15-5-6-16-29)34(30,31)28-19-9-11-20(32-2)12-10-19/h3-4,7-14,17,28H,5-6,15-16H2,1-2H3,(H2,26,27,33). The van der Waals surface area contributed by atoms with Crippen LogP contribution >= 0.6 is 12.2 Å². The van der Waals surface area contributed by atoms with Gasteiger partial charge in [-0.1, -0.05) is 18.2 Å². The third kappa shape index (κ3) is 5.60. The van der Waals surface area contributed by atoms with Crippen molar-refractivity contribution in [2.75, 3.05) is 40.5 Å². The SMILES string of the molecule is COc1ccc(NS(=O)(=O)c2ccc(N3CCCC3)c(NC(=S)Nc3ccccc3C)c2)cc1. The monoisotopic (exact) mass is 496 g/mol. The van der Waals surface area contributed by atoms with Gasteiger partial charge >= 0.3 is 0 Å². The number of para-hydroxylation sites is 1. The molecular weight excluding hydrogens is 468 g/mol. The largest absolute Gasteiger partial charge is 0.497 e. The van der Waals surface area contributed by atoms with E-state index in [1.54, 1.807) is 43.5 Å². The van der Waals surface area contributed by atoms with Gasteiger partial charge in [0.1, 0.15) is 5.75 Å². The third-order valence-corrected chi connectivity index (χ3v) is 7.29. The van der Waals surface area contributed by atoms with Crippen molar-refractivity contribution in [3.63, 3.8) is 0 Å². The van der Waals surface area contributed by atoms with E-state index in [0.29, 0.717) is 22.2 Å². The molecule has 9 heteroatoms. The molecule has 0 bridgehead atoms. The molecule has 7 nitrogen and oxygen atoms in total. The average Bonchev–Trinajstić information content (AvgIpc) is 3.35. The first kappa shape index (κ1) is 23.8. The molecule has 1 heterocycles. The Labute approximate surface area is 206 Å². The molecule has 0 radical (unpaired) electrons. The van der Waals surface area contributed by atoms with Crippen LogP contribution in [-0.2, 0) is 10.0 Å². The molecule has 0 spiro atoms. The Morgan fingerprint density at radius 1 is 0.941 bits per heavy atom. The Hall–Kier alpha value is -3.30. The molecule has 3 aromatic rings. The van der Waals surface area contributed by atoms with E-state index in [4.69, 9.17) is 17.0 Å². The third-order valence-electron chi connectivity index (χ3n) is 5.71. The molecule has 0 aromatic heterocycles. The summed E-state index contributed by atoms with van der Waals surface area (Å²) in [4.78, 5) is 2.39. The second-order valence-electron chi connectivity index (χ2n) is 8.10. The van der Waals surface area contributed by atoms with E-state index in [-0.39, 0.29) is 4.90 Å². The first-order valence-corrected chi connectivity index (χ1v) is 12.9. The molecule has 1 fully saturated rings. The van der Waals surface area contributed by atoms with E-state index in [0.717, 1.165) is 42.9 Å². The molecule has 1 aliphatic rings. The molecule has 1 aliphatic heterocycles. The van der Waals surface area contributed by atoms with Crippen molar-refractivity contribution in [2.24, 2.45) is 0 Å². The normalized spacial score (nSPS) is 13.4. The van der Waals surface area contributed by atoms with Crippen molar-refractivity contribution >= 4 is 50.1 Å². The highest BCUT2D eigenvalue weighted by Gasteiger charge is 2.21. The van der Waals surface area contributed by atoms with Crippen molar-refractivity contribution in [1.82, 2.24) is 0 Å². The zero-order chi connectivity index (χ0) is 24.1. The van der Waals surface area contributed by atoms with Gasteiger partial charge in [-0.15, -0.1) is 0 Å². The summed E-state index contributed by atoms with van der Waals surface area (Å²) in [5, 5.41) is 6.83. The minimum absolute atomic E-state index is 0.146. The maximum atomic E-state index is 13.1. The molecule has 178 valence electrons. The summed E-state index contributed by atoms with van der Waals surface area (Å²) in [6.07, 6.45) is 2.20. The highest BCUT2D eigenvalue weighted by molar-refractivity contribution is 7.92. The number of hydrogen-bond acceptors (Lipinski definition) is 5. The van der Waals surface area contributed by atoms with Gasteiger partial charge in [0.15, 0.2) is 5.11 Å². The lowest BCUT2D eigenvalue weighted by Gasteiger charge is -2.23. The van der Waals surface area contributed by atoms with Crippen molar-refractivity contribution in [2.45, 2.75) is 24.7 Å². The lowest BCUT2D eigenvalue weighted by molar-refractivity contribution is 0.415. The number of nitrogens with one attached hydrogen (secondary N) is 3. The number of ether oxygens (including phenoxy) is 1. The molecule has 0 amide bonds. The summed E-state index contributed by atoms with van der Waals surface area (Å²) in [6.45, 7) is 3.84. The summed E-state index contributed by atoms with van der Waals surface area (Å²) in [6, 6.07) is 19.7. The van der Waals surface area contributed by atoms with Crippen LogP contribution in [0.2, 0.25) is 0 Å². The van der Waals surface area contributed by atoms with Crippen molar-refractivity contribution in [3.8, 4) is 5.75 Å². The first-order chi connectivity index (χ1) is 16.4. The predicted molar refractivity (Wildman–Crippen MR) is 143 cm³/mol. The Bertz CT molecular complexity index is 1270. The number of thiocarbonyl (C=S) groups is 1. The van der Waals surface area contributed by atoms with Gasteiger partial charge in [0.05, 0.1) is 23.4 Å². The fourth-order valence-electron chi connectivity index (χ4n) is 3.88. The number of benzene rings is 3. The van der Waals surface area contributed by atoms with Crippen LogP contribution in [0.5, 0.6) is 5.75 Å². The zero-order valence-corrected chi connectivity index (χ0v) is 20.8. The fourth-order valence-corrected chi connectivity index (χ4v) is 5.18. The van der Waals surface area contributed by atoms with E-state index >= 15 is 0 Å². The minimum atomic E-state index is -3.81. The van der Waals surface area contributed by atoms with E-state index < -0.39 is 10.0 Å². The Kier molecular flexibility index (Phi) is 7.23. The first-order valence-electron chi connectivity index (χ1n) is 11.1. The van der Waals surface area contributed by atoms with E-state index in [2.05, 4.69) is 20.3 Å². The van der Waals surface area contributed by atoms with Crippen LogP contribution in [-0.4, -0.2) is 33.7 Å². The summed E-state index contributed by atoms with van der Waals surface area (Å²) in [7, 11) is -2.25. The Morgan fingerprint density at radius 3 is 2.29 bits per heavy atom. The van der Waals surface area contributed by atoms with Crippen LogP contribution in [0.15, 0.2) is 71.6 Å². The molecular formula is C25H28N4O3S2. The number of aryl methyl sites for hydroxylation is 1. The number of hydrogen-bond donors (Lipinski definition) is 3. The topological polar surface area (TPSA) is 82.7 Å². The van der Waals surface area contributed by atoms with Crippen molar-refractivity contribution in [3.05, 3.63) is 72.3 Å². The number of anilines is 4. The summed E-state index contributed by atoms with van der Waals surface area (Å²) >= 11 is 5.56. The molecule has 34 heavy (non-hydrogen) atoms. The van der Waals surface area contributed by atoms with Gasteiger partial charge in [0.2, 0.25) is 0 Å². The van der Waals surface area contributed by atoms with Gasteiger partial charge < -0.3 is 20.3 Å². The van der Waals surface area contributed by atoms with Gasteiger partial charge in [0, 0.05) is 24.5 Å². The Morgan fingerprint density at radius 2 is 1.62 bits per heavy atom. The minimum Gasteiger partial charge on any atom is -0.497 e. The number of rotatable bonds is 7. The molecule has 3 N–H and O–H groups in total. The maximum absolute atomic E-state index is 13.1. The second kappa shape index (κ2) is 10.3. The van der Waals surface area contributed by atoms with Crippen LogP contribution < -0.4 is 25.0 Å². The quantitative estimate of drug-likeness (QED) is 0.387. The lowest BCUT2D eigenvalue weighted by atomic mass is 10.2. The molecule has 0 aliphatic carbocycles. The lowest BCUT2D eigenvalue weighted by Crippen LogP contribution is -2.24. The summed E-state index contributed by atoms with van der Waals surface area (Å²) in [5.74, 6) is 0.652. The average molecular weight is 497 g/mol. The molecule has 1 saturated heterocycles. The van der Waals surface area contributed by atoms with E-state index in [1.165, 1.54) is 0 Å². The molecule has 4 rings (SSSR count). The van der Waals surface area contributed by atoms with Gasteiger partial charge in [-0.2, -0.15) is 0 Å². The summed E-state index contributed by atoms with van der Waals surface area (Å²) in [5.41, 5.74) is 3.98. The van der Waals surface area contributed by atoms with Crippen LogP contribution in [0, 0.1) is 6.92 Å². The fraction of sp³-hybridized carbons (Fsp3) is 0.240. The highest BCUT2D eigenvalue weighted by Crippen LogP contribution is 2.32. The van der Waals surface area contributed by atoms with Crippen LogP contribution in [0.1, 0.15) is 18.4 Å². The smallest absolute Gasteiger partial charge is 0.261 e. The van der Waals surface area contributed by atoms with Crippen molar-refractivity contribution < 1.29 is 13.2 Å². The maximum Gasteiger partial charge on any atom is 0.261 e. The number of nitrogens with zero attached hydrogens (tertiary/aromatic N) is 1. The molecule has 3 aromatic carbocycles. The highest BCUT2D eigenvalue weighted by atomic mass is 32.2. The molecule has 0 saturated carbocycles. The predicted octanol–water partition coefficient (Wildman–Crippen LogP) is 5.21. The van der Waals surface area contributed by atoms with Crippen LogP contribution in [0.25, 0.3) is 0 Å². The van der Waals surface area contributed by atoms with Gasteiger partial charge in [-0.25, -0.2) is 8.42 Å². The number of sulfonamides is 1. The summed E-state index contributed by atoms with van der Waals surface area (Å²) < 4.78 is 34.0. The van der Waals surface area contributed by atoms with Gasteiger partial charge in [0.25, 0.3) is 10.0 Å².